The van der Waals surface area contributed by atoms with Gasteiger partial charge in [0.25, 0.3) is 5.56 Å². The fourth-order valence-electron chi connectivity index (χ4n) is 4.18. The maximum Gasteiger partial charge on any atom is 0.338 e. The number of ether oxygens (including phenoxy) is 3. The van der Waals surface area contributed by atoms with Gasteiger partial charge in [0.05, 0.1) is 35.6 Å². The van der Waals surface area contributed by atoms with E-state index in [1.54, 1.807) is 31.8 Å². The number of nitrogens with zero attached hydrogens (tertiary/aromatic N) is 2. The summed E-state index contributed by atoms with van der Waals surface area (Å²) < 4.78 is 18.0. The standard InChI is InChI=1S/C28H30N2O5S/c1-17(2)19-10-12-20(13-11-19)25-24(27(32)35-15-14-33-4)18(3)29-28-30(25)26(31)23(36-28)16-21-8-6-7-9-22(21)34-5/h6-13,16-17,25H,14-15H2,1-5H3. The van der Waals surface area contributed by atoms with Crippen LogP contribution in [0.25, 0.3) is 6.08 Å². The number of esters is 1. The summed E-state index contributed by atoms with van der Waals surface area (Å²) in [5.41, 5.74) is 3.43. The number of rotatable bonds is 8. The van der Waals surface area contributed by atoms with Crippen LogP contribution in [0.15, 0.2) is 69.6 Å². The van der Waals surface area contributed by atoms with Crippen LogP contribution in [-0.4, -0.2) is 38.0 Å². The van der Waals surface area contributed by atoms with Crippen LogP contribution in [0.1, 0.15) is 49.4 Å². The van der Waals surface area contributed by atoms with E-state index < -0.39 is 12.0 Å². The maximum absolute atomic E-state index is 13.8. The largest absolute Gasteiger partial charge is 0.496 e. The average Bonchev–Trinajstić information content (AvgIpc) is 3.17. The molecule has 0 N–H and O–H groups in total. The lowest BCUT2D eigenvalue weighted by Crippen LogP contribution is -2.40. The molecule has 0 radical (unpaired) electrons. The third-order valence-corrected chi connectivity index (χ3v) is 7.09. The van der Waals surface area contributed by atoms with E-state index in [4.69, 9.17) is 14.2 Å². The third kappa shape index (κ3) is 5.05. The van der Waals surface area contributed by atoms with Crippen LogP contribution in [-0.2, 0) is 14.3 Å². The van der Waals surface area contributed by atoms with Gasteiger partial charge in [0.1, 0.15) is 12.4 Å². The van der Waals surface area contributed by atoms with Crippen LogP contribution in [0.4, 0.5) is 0 Å². The summed E-state index contributed by atoms with van der Waals surface area (Å²) >= 11 is 1.29. The number of allylic oxidation sites excluding steroid dienone is 1. The Kier molecular flexibility index (Phi) is 7.86. The van der Waals surface area contributed by atoms with Gasteiger partial charge in [-0.1, -0.05) is 67.6 Å². The Bertz CT molecular complexity index is 1460. The summed E-state index contributed by atoms with van der Waals surface area (Å²) in [7, 11) is 3.14. The van der Waals surface area contributed by atoms with Gasteiger partial charge in [-0.05, 0) is 36.1 Å². The minimum absolute atomic E-state index is 0.114. The first kappa shape index (κ1) is 25.6. The number of fused-ring (bicyclic) bond motifs is 1. The van der Waals surface area contributed by atoms with Crippen LogP contribution in [0, 0.1) is 0 Å². The van der Waals surface area contributed by atoms with E-state index in [0.717, 1.165) is 11.1 Å². The molecule has 2 heterocycles. The zero-order valence-corrected chi connectivity index (χ0v) is 21.9. The first-order valence-corrected chi connectivity index (χ1v) is 12.6. The minimum atomic E-state index is -0.655. The molecule has 1 atom stereocenters. The highest BCUT2D eigenvalue weighted by Gasteiger charge is 2.33. The lowest BCUT2D eigenvalue weighted by molar-refractivity contribution is -0.140. The van der Waals surface area contributed by atoms with Crippen molar-refractivity contribution in [2.75, 3.05) is 27.4 Å². The van der Waals surface area contributed by atoms with Crippen molar-refractivity contribution in [1.82, 2.24) is 4.57 Å². The van der Waals surface area contributed by atoms with Crippen LogP contribution >= 0.6 is 11.3 Å². The number of hydrogen-bond donors (Lipinski definition) is 0. The zero-order valence-electron chi connectivity index (χ0n) is 21.1. The molecule has 3 aromatic rings. The highest BCUT2D eigenvalue weighted by Crippen LogP contribution is 2.31. The Morgan fingerprint density at radius 1 is 1.11 bits per heavy atom. The highest BCUT2D eigenvalue weighted by molar-refractivity contribution is 7.07. The summed E-state index contributed by atoms with van der Waals surface area (Å²) in [5, 5.41) is 0. The van der Waals surface area contributed by atoms with Gasteiger partial charge in [-0.15, -0.1) is 0 Å². The molecule has 0 saturated carbocycles. The van der Waals surface area contributed by atoms with Gasteiger partial charge in [0.2, 0.25) is 0 Å². The Hall–Kier alpha value is -3.49. The molecule has 0 spiro atoms. The number of carbonyl (C=O) groups is 1. The molecule has 1 aliphatic heterocycles. The van der Waals surface area contributed by atoms with Crippen LogP contribution in [0.3, 0.4) is 0 Å². The molecular weight excluding hydrogens is 476 g/mol. The van der Waals surface area contributed by atoms with Crippen molar-refractivity contribution in [3.63, 3.8) is 0 Å². The predicted octanol–water partition coefficient (Wildman–Crippen LogP) is 3.56. The van der Waals surface area contributed by atoms with Gasteiger partial charge < -0.3 is 14.2 Å². The number of para-hydroxylation sites is 1. The Balaban J connectivity index is 1.89. The van der Waals surface area contributed by atoms with Crippen molar-refractivity contribution in [1.29, 1.82) is 0 Å². The summed E-state index contributed by atoms with van der Waals surface area (Å²) in [6.45, 7) is 6.42. The van der Waals surface area contributed by atoms with Gasteiger partial charge in [0, 0.05) is 12.7 Å². The lowest BCUT2D eigenvalue weighted by atomic mass is 9.93. The van der Waals surface area contributed by atoms with Crippen LogP contribution in [0.5, 0.6) is 5.75 Å². The van der Waals surface area contributed by atoms with E-state index in [2.05, 4.69) is 18.8 Å². The molecule has 36 heavy (non-hydrogen) atoms. The minimum Gasteiger partial charge on any atom is -0.496 e. The number of methoxy groups -OCH3 is 2. The van der Waals surface area contributed by atoms with Crippen LogP contribution < -0.4 is 19.6 Å². The summed E-state index contributed by atoms with van der Waals surface area (Å²) in [6.07, 6.45) is 1.80. The number of aromatic nitrogens is 1. The van der Waals surface area contributed by atoms with Crippen molar-refractivity contribution in [3.05, 3.63) is 96.2 Å². The van der Waals surface area contributed by atoms with Crippen molar-refractivity contribution in [3.8, 4) is 5.75 Å². The second kappa shape index (κ2) is 11.1. The second-order valence-corrected chi connectivity index (χ2v) is 9.78. The fraction of sp³-hybridized carbons (Fsp3) is 0.321. The van der Waals surface area contributed by atoms with Crippen molar-refractivity contribution < 1.29 is 19.0 Å². The fourth-order valence-corrected chi connectivity index (χ4v) is 5.22. The molecule has 4 rings (SSSR count). The van der Waals surface area contributed by atoms with E-state index in [0.29, 0.717) is 32.3 Å². The SMILES string of the molecule is COCCOC(=O)C1=C(C)N=c2sc(=Cc3ccccc3OC)c(=O)n2C1c1ccc(C(C)C)cc1. The molecule has 0 bridgehead atoms. The van der Waals surface area contributed by atoms with Gasteiger partial charge >= 0.3 is 5.97 Å². The molecule has 8 heteroatoms. The van der Waals surface area contributed by atoms with E-state index in [1.165, 1.54) is 16.9 Å². The van der Waals surface area contributed by atoms with E-state index in [1.807, 2.05) is 48.5 Å². The molecule has 0 saturated heterocycles. The molecule has 188 valence electrons. The average molecular weight is 507 g/mol. The molecule has 0 fully saturated rings. The summed E-state index contributed by atoms with van der Waals surface area (Å²) in [4.78, 5) is 32.1. The maximum atomic E-state index is 13.8. The third-order valence-electron chi connectivity index (χ3n) is 6.11. The van der Waals surface area contributed by atoms with Gasteiger partial charge in [-0.3, -0.25) is 9.36 Å². The van der Waals surface area contributed by atoms with E-state index >= 15 is 0 Å². The van der Waals surface area contributed by atoms with E-state index in [-0.39, 0.29) is 18.8 Å². The topological polar surface area (TPSA) is 79.1 Å². The molecule has 1 aliphatic rings. The molecule has 1 unspecified atom stereocenters. The number of thiazole rings is 1. The molecule has 1 aromatic heterocycles. The Morgan fingerprint density at radius 2 is 1.83 bits per heavy atom. The Morgan fingerprint density at radius 3 is 2.50 bits per heavy atom. The smallest absolute Gasteiger partial charge is 0.338 e. The van der Waals surface area contributed by atoms with Crippen LogP contribution in [0.2, 0.25) is 0 Å². The van der Waals surface area contributed by atoms with Crippen molar-refractivity contribution in [2.45, 2.75) is 32.7 Å². The van der Waals surface area contributed by atoms with Crippen molar-refractivity contribution in [2.24, 2.45) is 4.99 Å². The summed E-state index contributed by atoms with van der Waals surface area (Å²) in [6, 6.07) is 14.9. The molecule has 7 nitrogen and oxygen atoms in total. The lowest BCUT2D eigenvalue weighted by Gasteiger charge is -2.25. The van der Waals surface area contributed by atoms with Crippen molar-refractivity contribution >= 4 is 23.4 Å². The zero-order chi connectivity index (χ0) is 25.8. The normalized spacial score (nSPS) is 15.6. The Labute approximate surface area is 214 Å². The number of hydrogen-bond acceptors (Lipinski definition) is 7. The molecular formula is C28H30N2O5S. The molecule has 0 aliphatic carbocycles. The highest BCUT2D eigenvalue weighted by atomic mass is 32.1. The first-order valence-electron chi connectivity index (χ1n) is 11.8. The number of carbonyl (C=O) groups excluding carboxylic acids is 1. The van der Waals surface area contributed by atoms with Gasteiger partial charge in [0.15, 0.2) is 4.80 Å². The van der Waals surface area contributed by atoms with Gasteiger partial charge in [-0.2, -0.15) is 0 Å². The second-order valence-electron chi connectivity index (χ2n) is 8.77. The summed E-state index contributed by atoms with van der Waals surface area (Å²) in [5.74, 6) is 0.519. The van der Waals surface area contributed by atoms with Gasteiger partial charge in [-0.25, -0.2) is 9.79 Å². The molecule has 2 aromatic carbocycles. The number of benzene rings is 2. The predicted molar refractivity (Wildman–Crippen MR) is 140 cm³/mol. The van der Waals surface area contributed by atoms with E-state index in [9.17, 15) is 9.59 Å². The quantitative estimate of drug-likeness (QED) is 0.345. The molecule has 0 amide bonds. The first-order chi connectivity index (χ1) is 17.3. The monoisotopic (exact) mass is 506 g/mol.